The molecule has 2 aliphatic rings. The standard InChI is InChI=1S/C29H37ClN6O5/c1-29(2,3)41-28(38)34-13-11-23-24(18-34)32-27(30)33-26(23)36-17-20(10-12-31)35(16-21(36)14-25(37)40-5)15-19-6-8-22(39-4)9-7-19/h6-9,20-21H,10-11,13-18H2,1-5H3. The Morgan fingerprint density at radius 1 is 1.12 bits per heavy atom. The molecule has 41 heavy (non-hydrogen) atoms. The summed E-state index contributed by atoms with van der Waals surface area (Å²) in [5, 5.41) is 9.75. The van der Waals surface area contributed by atoms with Crippen LogP contribution in [0.2, 0.25) is 5.28 Å². The summed E-state index contributed by atoms with van der Waals surface area (Å²) in [6, 6.07) is 9.74. The van der Waals surface area contributed by atoms with Crippen LogP contribution in [0, 0.1) is 11.3 Å². The number of carbonyl (C=O) groups is 2. The number of nitriles is 1. The van der Waals surface area contributed by atoms with Gasteiger partial charge < -0.3 is 24.0 Å². The number of piperazine rings is 1. The van der Waals surface area contributed by atoms with Crippen LogP contribution in [0.5, 0.6) is 5.75 Å². The van der Waals surface area contributed by atoms with Crippen LogP contribution in [0.25, 0.3) is 0 Å². The second-order valence-corrected chi connectivity index (χ2v) is 11.6. The molecule has 3 heterocycles. The fourth-order valence-electron chi connectivity index (χ4n) is 5.28. The van der Waals surface area contributed by atoms with Crippen molar-refractivity contribution < 1.29 is 23.8 Å². The zero-order valence-corrected chi connectivity index (χ0v) is 25.0. The van der Waals surface area contributed by atoms with Crippen molar-refractivity contribution in [1.82, 2.24) is 19.8 Å². The highest BCUT2D eigenvalue weighted by Crippen LogP contribution is 2.33. The summed E-state index contributed by atoms with van der Waals surface area (Å²) in [4.78, 5) is 40.3. The second kappa shape index (κ2) is 12.9. The highest BCUT2D eigenvalue weighted by Gasteiger charge is 2.38. The number of carbonyl (C=O) groups excluding carboxylic acids is 2. The molecule has 1 aromatic carbocycles. The van der Waals surface area contributed by atoms with Gasteiger partial charge in [0.2, 0.25) is 5.28 Å². The molecule has 0 aliphatic carbocycles. The SMILES string of the molecule is COC(=O)CC1CN(Cc2ccc(OC)cc2)C(CC#N)CN1c1nc(Cl)nc2c1CCN(C(=O)OC(C)(C)C)C2. The molecule has 2 atom stereocenters. The predicted molar refractivity (Wildman–Crippen MR) is 153 cm³/mol. The largest absolute Gasteiger partial charge is 0.497 e. The monoisotopic (exact) mass is 584 g/mol. The van der Waals surface area contributed by atoms with Gasteiger partial charge in [-0.05, 0) is 56.5 Å². The van der Waals surface area contributed by atoms with E-state index < -0.39 is 11.7 Å². The number of rotatable bonds is 7. The second-order valence-electron chi connectivity index (χ2n) is 11.3. The molecule has 1 amide bonds. The molecule has 220 valence electrons. The van der Waals surface area contributed by atoms with Crippen molar-refractivity contribution in [3.05, 3.63) is 46.4 Å². The highest BCUT2D eigenvalue weighted by atomic mass is 35.5. The van der Waals surface area contributed by atoms with Crippen LogP contribution < -0.4 is 9.64 Å². The van der Waals surface area contributed by atoms with E-state index in [0.717, 1.165) is 16.9 Å². The lowest BCUT2D eigenvalue weighted by Gasteiger charge is -2.47. The third kappa shape index (κ3) is 7.57. The summed E-state index contributed by atoms with van der Waals surface area (Å²) >= 11 is 6.43. The maximum Gasteiger partial charge on any atom is 0.410 e. The zero-order chi connectivity index (χ0) is 29.7. The van der Waals surface area contributed by atoms with Crippen molar-refractivity contribution in [2.45, 2.75) is 70.8 Å². The predicted octanol–water partition coefficient (Wildman–Crippen LogP) is 3.97. The Bertz CT molecular complexity index is 1290. The molecule has 0 bridgehead atoms. The maximum atomic E-state index is 12.8. The lowest BCUT2D eigenvalue weighted by Crippen LogP contribution is -2.59. The molecule has 2 aromatic rings. The Labute approximate surface area is 245 Å². The van der Waals surface area contributed by atoms with Gasteiger partial charge in [-0.3, -0.25) is 9.69 Å². The first-order valence-corrected chi connectivity index (χ1v) is 14.0. The Balaban J connectivity index is 1.64. The van der Waals surface area contributed by atoms with Gasteiger partial charge in [0.05, 0.1) is 51.4 Å². The number of methoxy groups -OCH3 is 2. The van der Waals surface area contributed by atoms with Crippen LogP contribution >= 0.6 is 11.6 Å². The molecule has 2 aliphatic heterocycles. The Hall–Kier alpha value is -3.62. The molecule has 0 spiro atoms. The Kier molecular flexibility index (Phi) is 9.56. The number of anilines is 1. The molecule has 1 saturated heterocycles. The van der Waals surface area contributed by atoms with E-state index in [1.165, 1.54) is 7.11 Å². The molecule has 11 nitrogen and oxygen atoms in total. The van der Waals surface area contributed by atoms with Gasteiger partial charge in [-0.2, -0.15) is 5.26 Å². The number of nitrogens with zero attached hydrogens (tertiary/aromatic N) is 6. The lowest BCUT2D eigenvalue weighted by atomic mass is 9.98. The number of halogens is 1. The van der Waals surface area contributed by atoms with Gasteiger partial charge in [0, 0.05) is 37.8 Å². The number of hydrogen-bond acceptors (Lipinski definition) is 10. The van der Waals surface area contributed by atoms with E-state index >= 15 is 0 Å². The number of benzene rings is 1. The summed E-state index contributed by atoms with van der Waals surface area (Å²) in [6.07, 6.45) is 0.519. The minimum absolute atomic E-state index is 0.0547. The van der Waals surface area contributed by atoms with E-state index in [0.29, 0.717) is 50.5 Å². The smallest absolute Gasteiger partial charge is 0.410 e. The summed E-state index contributed by atoms with van der Waals surface area (Å²) in [5.41, 5.74) is 1.98. The fraction of sp³-hybridized carbons (Fsp3) is 0.552. The molecular weight excluding hydrogens is 548 g/mol. The number of hydrogen-bond donors (Lipinski definition) is 0. The molecule has 0 radical (unpaired) electrons. The zero-order valence-electron chi connectivity index (χ0n) is 24.2. The quantitative estimate of drug-likeness (QED) is 0.349. The van der Waals surface area contributed by atoms with Crippen molar-refractivity contribution in [1.29, 1.82) is 5.26 Å². The molecule has 0 N–H and O–H groups in total. The van der Waals surface area contributed by atoms with Crippen LogP contribution in [-0.2, 0) is 33.8 Å². The molecule has 12 heteroatoms. The van der Waals surface area contributed by atoms with Gasteiger partial charge in [0.1, 0.15) is 17.2 Å². The van der Waals surface area contributed by atoms with Gasteiger partial charge in [-0.25, -0.2) is 14.8 Å². The van der Waals surface area contributed by atoms with E-state index in [1.54, 1.807) is 12.0 Å². The fourth-order valence-corrected chi connectivity index (χ4v) is 5.46. The molecule has 2 unspecified atom stereocenters. The van der Waals surface area contributed by atoms with Gasteiger partial charge in [-0.1, -0.05) is 12.1 Å². The maximum absolute atomic E-state index is 12.8. The number of aromatic nitrogens is 2. The van der Waals surface area contributed by atoms with E-state index in [2.05, 4.69) is 25.8 Å². The molecule has 0 saturated carbocycles. The summed E-state index contributed by atoms with van der Waals surface area (Å²) < 4.78 is 15.9. The normalized spacial score (nSPS) is 19.2. The number of amides is 1. The van der Waals surface area contributed by atoms with Gasteiger partial charge in [0.25, 0.3) is 0 Å². The van der Waals surface area contributed by atoms with E-state index in [1.807, 2.05) is 45.0 Å². The number of fused-ring (bicyclic) bond motifs is 1. The topological polar surface area (TPSA) is 121 Å². The summed E-state index contributed by atoms with van der Waals surface area (Å²) in [6.45, 7) is 7.72. The van der Waals surface area contributed by atoms with Gasteiger partial charge in [0.15, 0.2) is 0 Å². The molecule has 1 fully saturated rings. The Morgan fingerprint density at radius 2 is 1.85 bits per heavy atom. The van der Waals surface area contributed by atoms with Crippen LogP contribution in [0.1, 0.15) is 50.4 Å². The molecule has 4 rings (SSSR count). The first kappa shape index (κ1) is 30.3. The first-order valence-electron chi connectivity index (χ1n) is 13.6. The lowest BCUT2D eigenvalue weighted by molar-refractivity contribution is -0.141. The van der Waals surface area contributed by atoms with E-state index in [-0.39, 0.29) is 36.3 Å². The highest BCUT2D eigenvalue weighted by molar-refractivity contribution is 6.28. The van der Waals surface area contributed by atoms with E-state index in [9.17, 15) is 14.9 Å². The third-order valence-corrected chi connectivity index (χ3v) is 7.42. The van der Waals surface area contributed by atoms with Gasteiger partial charge in [-0.15, -0.1) is 0 Å². The van der Waals surface area contributed by atoms with Crippen molar-refractivity contribution in [2.24, 2.45) is 0 Å². The van der Waals surface area contributed by atoms with Crippen molar-refractivity contribution in [2.75, 3.05) is 38.8 Å². The van der Waals surface area contributed by atoms with Crippen LogP contribution in [0.4, 0.5) is 10.6 Å². The first-order chi connectivity index (χ1) is 19.5. The summed E-state index contributed by atoms with van der Waals surface area (Å²) in [7, 11) is 3.00. The number of ether oxygens (including phenoxy) is 3. The number of esters is 1. The van der Waals surface area contributed by atoms with Crippen LogP contribution in [0.3, 0.4) is 0 Å². The summed E-state index contributed by atoms with van der Waals surface area (Å²) in [5.74, 6) is 1.06. The van der Waals surface area contributed by atoms with Crippen LogP contribution in [-0.4, -0.2) is 83.4 Å². The third-order valence-electron chi connectivity index (χ3n) is 7.25. The average molecular weight is 585 g/mol. The molecule has 1 aromatic heterocycles. The van der Waals surface area contributed by atoms with Crippen LogP contribution in [0.15, 0.2) is 24.3 Å². The van der Waals surface area contributed by atoms with E-state index in [4.69, 9.17) is 25.8 Å². The average Bonchev–Trinajstić information content (AvgIpc) is 2.93. The van der Waals surface area contributed by atoms with Crippen molar-refractivity contribution >= 4 is 29.5 Å². The van der Waals surface area contributed by atoms with Gasteiger partial charge >= 0.3 is 12.1 Å². The van der Waals surface area contributed by atoms with Crippen molar-refractivity contribution in [3.8, 4) is 11.8 Å². The van der Waals surface area contributed by atoms with Crippen molar-refractivity contribution in [3.63, 3.8) is 0 Å². The molecular formula is C29H37ClN6O5. The Morgan fingerprint density at radius 3 is 2.49 bits per heavy atom. The minimum atomic E-state index is -0.617. The minimum Gasteiger partial charge on any atom is -0.497 e.